The van der Waals surface area contributed by atoms with Gasteiger partial charge in [0.2, 0.25) is 0 Å². The predicted octanol–water partition coefficient (Wildman–Crippen LogP) is 6.97. The zero-order valence-corrected chi connectivity index (χ0v) is 21.2. The maximum Gasteiger partial charge on any atom is 0.266 e. The fraction of sp³-hybridized carbons (Fsp3) is 0.0417. The molecule has 158 valence electrons. The van der Waals surface area contributed by atoms with Crippen LogP contribution in [-0.2, 0) is 11.4 Å². The number of benzene rings is 3. The predicted molar refractivity (Wildman–Crippen MR) is 134 cm³/mol. The second-order valence-corrected chi connectivity index (χ2v) is 9.13. The van der Waals surface area contributed by atoms with E-state index >= 15 is 0 Å². The van der Waals surface area contributed by atoms with Crippen LogP contribution in [0.5, 0.6) is 5.75 Å². The van der Waals surface area contributed by atoms with Crippen LogP contribution in [0.4, 0.5) is 5.69 Å². The number of anilines is 1. The molecule has 0 spiro atoms. The van der Waals surface area contributed by atoms with Gasteiger partial charge in [-0.2, -0.15) is 10.5 Å². The summed E-state index contributed by atoms with van der Waals surface area (Å²) < 4.78 is 8.07. The van der Waals surface area contributed by atoms with E-state index in [0.29, 0.717) is 31.5 Å². The lowest BCUT2D eigenvalue weighted by atomic mass is 10.1. The Morgan fingerprint density at radius 2 is 1.66 bits per heavy atom. The molecule has 1 N–H and O–H groups in total. The minimum atomic E-state index is -0.504. The Kier molecular flexibility index (Phi) is 8.24. The normalized spacial score (nSPS) is 10.7. The largest absolute Gasteiger partial charge is 0.486 e. The van der Waals surface area contributed by atoms with Crippen molar-refractivity contribution in [3.05, 3.63) is 96.3 Å². The molecule has 3 aromatic rings. The van der Waals surface area contributed by atoms with Crippen LogP contribution in [0.15, 0.2) is 79.7 Å². The molecule has 0 aliphatic heterocycles. The fourth-order valence-electron chi connectivity index (χ4n) is 2.75. The number of nitrogens with one attached hydrogen (secondary N) is 1. The van der Waals surface area contributed by atoms with Crippen molar-refractivity contribution in [2.75, 3.05) is 5.32 Å². The average Bonchev–Trinajstić information content (AvgIpc) is 2.78. The van der Waals surface area contributed by atoms with Gasteiger partial charge in [-0.3, -0.25) is 4.79 Å². The molecule has 0 saturated heterocycles. The lowest BCUT2D eigenvalue weighted by Crippen LogP contribution is -2.13. The first-order chi connectivity index (χ1) is 15.4. The Morgan fingerprint density at radius 3 is 2.28 bits per heavy atom. The molecule has 1 amide bonds. The van der Waals surface area contributed by atoms with Gasteiger partial charge in [-0.25, -0.2) is 0 Å². The monoisotopic (exact) mass is 613 g/mol. The summed E-state index contributed by atoms with van der Waals surface area (Å²) in [5.74, 6) is 0.0446. The van der Waals surface area contributed by atoms with Gasteiger partial charge in [0.25, 0.3) is 5.91 Å². The van der Waals surface area contributed by atoms with E-state index in [4.69, 9.17) is 4.74 Å². The third kappa shape index (κ3) is 6.08. The van der Waals surface area contributed by atoms with Gasteiger partial charge in [0.15, 0.2) is 0 Å². The lowest BCUT2D eigenvalue weighted by Gasteiger charge is -2.12. The van der Waals surface area contributed by atoms with Crippen LogP contribution in [0.25, 0.3) is 6.08 Å². The smallest absolute Gasteiger partial charge is 0.266 e. The summed E-state index contributed by atoms with van der Waals surface area (Å²) in [6.07, 6.45) is 1.50. The Morgan fingerprint density at radius 1 is 1.00 bits per heavy atom. The zero-order chi connectivity index (χ0) is 23.1. The van der Waals surface area contributed by atoms with Crippen LogP contribution >= 0.6 is 47.8 Å². The van der Waals surface area contributed by atoms with E-state index in [0.717, 1.165) is 10.0 Å². The van der Waals surface area contributed by atoms with Gasteiger partial charge in [-0.15, -0.1) is 0 Å². The number of nitrogens with zero attached hydrogens (tertiary/aromatic N) is 2. The summed E-state index contributed by atoms with van der Waals surface area (Å²) in [6.45, 7) is 0.217. The third-order valence-corrected chi connectivity index (χ3v) is 6.02. The van der Waals surface area contributed by atoms with E-state index in [-0.39, 0.29) is 12.2 Å². The number of hydrogen-bond donors (Lipinski definition) is 1. The molecule has 8 heteroatoms. The Hall–Kier alpha value is -2.91. The quantitative estimate of drug-likeness (QED) is 0.240. The first-order valence-electron chi connectivity index (χ1n) is 9.20. The molecular weight excluding hydrogens is 602 g/mol. The minimum Gasteiger partial charge on any atom is -0.486 e. The van der Waals surface area contributed by atoms with Crippen molar-refractivity contribution < 1.29 is 9.53 Å². The van der Waals surface area contributed by atoms with Crippen LogP contribution in [0, 0.1) is 22.7 Å². The highest BCUT2D eigenvalue weighted by molar-refractivity contribution is 9.11. The van der Waals surface area contributed by atoms with Crippen LogP contribution < -0.4 is 10.1 Å². The molecule has 0 aliphatic rings. The van der Waals surface area contributed by atoms with Crippen LogP contribution in [0.2, 0.25) is 0 Å². The average molecular weight is 616 g/mol. The number of carbonyl (C=O) groups is 1. The molecule has 0 saturated carbocycles. The van der Waals surface area contributed by atoms with Gasteiger partial charge in [-0.05, 0) is 86.0 Å². The number of ether oxygens (including phenoxy) is 1. The third-order valence-electron chi connectivity index (χ3n) is 4.31. The standard InChI is InChI=1S/C24H14Br3N3O2/c25-19-5-7-20(8-6-19)30-24(31)18(13-29)9-15-10-21(26)23(22(27)11-15)32-14-17-4-2-1-3-16(17)12-28/h1-11H,14H2,(H,30,31)/b18-9-. The first-order valence-corrected chi connectivity index (χ1v) is 11.6. The van der Waals surface area contributed by atoms with Crippen LogP contribution in [-0.4, -0.2) is 5.91 Å². The number of rotatable bonds is 6. The summed E-state index contributed by atoms with van der Waals surface area (Å²) in [7, 11) is 0. The zero-order valence-electron chi connectivity index (χ0n) is 16.4. The van der Waals surface area contributed by atoms with Gasteiger partial charge >= 0.3 is 0 Å². The number of nitriles is 2. The van der Waals surface area contributed by atoms with Gasteiger partial charge in [0, 0.05) is 15.7 Å². The molecule has 0 unspecified atom stereocenters. The second kappa shape index (κ2) is 11.1. The molecule has 0 atom stereocenters. The Balaban J connectivity index is 1.78. The maximum atomic E-state index is 12.5. The van der Waals surface area contributed by atoms with E-state index in [1.807, 2.05) is 18.2 Å². The lowest BCUT2D eigenvalue weighted by molar-refractivity contribution is -0.112. The van der Waals surface area contributed by atoms with Crippen molar-refractivity contribution in [3.8, 4) is 17.9 Å². The van der Waals surface area contributed by atoms with Crippen molar-refractivity contribution in [1.82, 2.24) is 0 Å². The molecule has 3 rings (SSSR count). The van der Waals surface area contributed by atoms with E-state index in [1.165, 1.54) is 6.08 Å². The van der Waals surface area contributed by atoms with Gasteiger partial charge in [0.1, 0.15) is 24.0 Å². The van der Waals surface area contributed by atoms with Crippen molar-refractivity contribution in [2.45, 2.75) is 6.61 Å². The summed E-state index contributed by atoms with van der Waals surface area (Å²) in [5.41, 5.74) is 2.51. The van der Waals surface area contributed by atoms with Crippen LogP contribution in [0.1, 0.15) is 16.7 Å². The number of halogens is 3. The van der Waals surface area contributed by atoms with E-state index in [2.05, 4.69) is 59.2 Å². The molecule has 0 aliphatic carbocycles. The highest BCUT2D eigenvalue weighted by Crippen LogP contribution is 2.36. The topological polar surface area (TPSA) is 85.9 Å². The van der Waals surface area contributed by atoms with Crippen molar-refractivity contribution in [3.63, 3.8) is 0 Å². The van der Waals surface area contributed by atoms with Gasteiger partial charge in [0.05, 0.1) is 20.6 Å². The Labute approximate surface area is 210 Å². The highest BCUT2D eigenvalue weighted by atomic mass is 79.9. The fourth-order valence-corrected chi connectivity index (χ4v) is 4.47. The minimum absolute atomic E-state index is 0.0386. The Bertz CT molecular complexity index is 1250. The highest BCUT2D eigenvalue weighted by Gasteiger charge is 2.13. The van der Waals surface area contributed by atoms with Gasteiger partial charge in [-0.1, -0.05) is 34.1 Å². The summed E-state index contributed by atoms with van der Waals surface area (Å²) in [4.78, 5) is 12.5. The van der Waals surface area contributed by atoms with E-state index in [9.17, 15) is 15.3 Å². The summed E-state index contributed by atoms with van der Waals surface area (Å²) >= 11 is 10.3. The SMILES string of the molecule is N#C/C(=C/c1cc(Br)c(OCc2ccccc2C#N)c(Br)c1)C(=O)Nc1ccc(Br)cc1. The summed E-state index contributed by atoms with van der Waals surface area (Å²) in [6, 6.07) is 21.9. The first kappa shape index (κ1) is 23.7. The van der Waals surface area contributed by atoms with E-state index < -0.39 is 5.91 Å². The molecule has 0 heterocycles. The van der Waals surface area contributed by atoms with Crippen molar-refractivity contribution in [1.29, 1.82) is 10.5 Å². The molecule has 0 radical (unpaired) electrons. The van der Waals surface area contributed by atoms with E-state index in [1.54, 1.807) is 48.5 Å². The van der Waals surface area contributed by atoms with Crippen molar-refractivity contribution >= 4 is 65.5 Å². The van der Waals surface area contributed by atoms with Crippen molar-refractivity contribution in [2.24, 2.45) is 0 Å². The molecule has 0 bridgehead atoms. The second-order valence-electron chi connectivity index (χ2n) is 6.50. The molecule has 5 nitrogen and oxygen atoms in total. The number of carbonyl (C=O) groups excluding carboxylic acids is 1. The molecule has 0 aromatic heterocycles. The number of hydrogen-bond acceptors (Lipinski definition) is 4. The summed E-state index contributed by atoms with van der Waals surface area (Å²) in [5, 5.41) is 21.4. The van der Waals surface area contributed by atoms with Crippen LogP contribution in [0.3, 0.4) is 0 Å². The molecule has 0 fully saturated rings. The number of amides is 1. The molecule has 3 aromatic carbocycles. The molecular formula is C24H14Br3N3O2. The van der Waals surface area contributed by atoms with Gasteiger partial charge < -0.3 is 10.1 Å². The molecule has 32 heavy (non-hydrogen) atoms. The maximum absolute atomic E-state index is 12.5.